The average Bonchev–Trinajstić information content (AvgIpc) is 2.69. The summed E-state index contributed by atoms with van der Waals surface area (Å²) in [5, 5.41) is 3.61. The monoisotopic (exact) mass is 348 g/mol. The number of sulfone groups is 1. The molecule has 0 N–H and O–H groups in total. The molecule has 0 unspecified atom stereocenters. The summed E-state index contributed by atoms with van der Waals surface area (Å²) in [4.78, 5) is 0. The van der Waals surface area contributed by atoms with E-state index < -0.39 is 21.7 Å². The first-order valence-corrected chi connectivity index (χ1v) is 8.04. The summed E-state index contributed by atoms with van der Waals surface area (Å²) in [5.74, 6) is -0.448. The summed E-state index contributed by atoms with van der Waals surface area (Å²) in [5.41, 5.74) is -0.901. The summed E-state index contributed by atoms with van der Waals surface area (Å²) in [7, 11) is -3.32. The van der Waals surface area contributed by atoms with Gasteiger partial charge in [0.05, 0.1) is 18.5 Å². The molecule has 1 rings (SSSR count). The summed E-state index contributed by atoms with van der Waals surface area (Å²) in [6.45, 7) is 1.16. The van der Waals surface area contributed by atoms with Crippen molar-refractivity contribution in [3.63, 3.8) is 0 Å². The molecule has 4 nitrogen and oxygen atoms in total. The second-order valence-corrected chi connectivity index (χ2v) is 6.64. The maximum atomic E-state index is 12.8. The maximum Gasteiger partial charge on any atom is 0.433 e. The highest BCUT2D eigenvalue weighted by atomic mass is 79.9. The molecule has 0 spiro atoms. The predicted octanol–water partition coefficient (Wildman–Crippen LogP) is 2.23. The van der Waals surface area contributed by atoms with E-state index in [-0.39, 0.29) is 28.9 Å². The molecule has 0 aromatic carbocycles. The van der Waals surface area contributed by atoms with Gasteiger partial charge in [-0.25, -0.2) is 8.42 Å². The zero-order valence-corrected chi connectivity index (χ0v) is 11.9. The van der Waals surface area contributed by atoms with Crippen LogP contribution in [0.1, 0.15) is 18.2 Å². The molecule has 0 radical (unpaired) electrons. The van der Waals surface area contributed by atoms with Crippen LogP contribution in [0.4, 0.5) is 13.2 Å². The van der Waals surface area contributed by atoms with Gasteiger partial charge in [0.15, 0.2) is 9.84 Å². The van der Waals surface area contributed by atoms with Crippen LogP contribution in [0.5, 0.6) is 0 Å². The second kappa shape index (κ2) is 5.60. The summed E-state index contributed by atoms with van der Waals surface area (Å²) in [6.07, 6.45) is -3.45. The van der Waals surface area contributed by atoms with Crippen molar-refractivity contribution in [3.05, 3.63) is 17.5 Å². The topological polar surface area (TPSA) is 52.0 Å². The first kappa shape index (κ1) is 15.5. The van der Waals surface area contributed by atoms with Crippen molar-refractivity contribution in [1.29, 1.82) is 0 Å². The Balaban J connectivity index is 3.01. The van der Waals surface area contributed by atoms with Crippen LogP contribution < -0.4 is 0 Å². The van der Waals surface area contributed by atoms with E-state index in [1.54, 1.807) is 0 Å². The Morgan fingerprint density at radius 1 is 1.44 bits per heavy atom. The van der Waals surface area contributed by atoms with E-state index in [0.717, 1.165) is 6.20 Å². The Labute approximate surface area is 111 Å². The number of hydrogen-bond donors (Lipinski definition) is 0. The lowest BCUT2D eigenvalue weighted by Gasteiger charge is -2.11. The molecular formula is C9H12BrF3N2O2S. The minimum Gasteiger partial charge on any atom is -0.259 e. The molecule has 0 atom stereocenters. The lowest BCUT2D eigenvalue weighted by molar-refractivity contribution is -0.144. The van der Waals surface area contributed by atoms with Crippen LogP contribution >= 0.6 is 15.9 Å². The number of alkyl halides is 4. The molecule has 1 aromatic rings. The van der Waals surface area contributed by atoms with Crippen LogP contribution in [0.3, 0.4) is 0 Å². The smallest absolute Gasteiger partial charge is 0.259 e. The molecule has 0 bridgehead atoms. The first-order chi connectivity index (χ1) is 8.21. The third-order valence-electron chi connectivity index (χ3n) is 2.38. The number of hydrogen-bond acceptors (Lipinski definition) is 3. The SMILES string of the molecule is CCS(=O)(=O)CCn1ncc(CBr)c1C(F)(F)F. The zero-order valence-electron chi connectivity index (χ0n) is 9.54. The maximum absolute atomic E-state index is 12.8. The molecule has 0 aliphatic carbocycles. The Bertz CT molecular complexity index is 510. The van der Waals surface area contributed by atoms with E-state index in [1.807, 2.05) is 0 Å². The van der Waals surface area contributed by atoms with Crippen LogP contribution in [-0.4, -0.2) is 29.7 Å². The van der Waals surface area contributed by atoms with Gasteiger partial charge in [-0.1, -0.05) is 22.9 Å². The molecule has 1 heterocycles. The van der Waals surface area contributed by atoms with Gasteiger partial charge >= 0.3 is 6.18 Å². The van der Waals surface area contributed by atoms with Crippen LogP contribution in [0.15, 0.2) is 6.20 Å². The molecule has 104 valence electrons. The molecule has 0 aliphatic rings. The summed E-state index contributed by atoms with van der Waals surface area (Å²) >= 11 is 2.95. The highest BCUT2D eigenvalue weighted by molar-refractivity contribution is 9.08. The molecule has 1 aromatic heterocycles. The van der Waals surface area contributed by atoms with Crippen LogP contribution in [-0.2, 0) is 27.9 Å². The Hall–Kier alpha value is -0.570. The predicted molar refractivity (Wildman–Crippen MR) is 64.2 cm³/mol. The minimum atomic E-state index is -4.55. The highest BCUT2D eigenvalue weighted by Gasteiger charge is 2.37. The Kier molecular flexibility index (Phi) is 4.82. The normalized spacial score (nSPS) is 12.9. The van der Waals surface area contributed by atoms with Gasteiger partial charge in [0.2, 0.25) is 0 Å². The van der Waals surface area contributed by atoms with Gasteiger partial charge in [-0.2, -0.15) is 18.3 Å². The number of nitrogens with zero attached hydrogens (tertiary/aromatic N) is 2. The van der Waals surface area contributed by atoms with Crippen molar-refractivity contribution in [2.75, 3.05) is 11.5 Å². The molecule has 0 amide bonds. The van der Waals surface area contributed by atoms with E-state index in [4.69, 9.17) is 0 Å². The standard InChI is InChI=1S/C9H12BrF3N2O2S/c1-2-18(16,17)4-3-15-8(9(11,12)13)7(5-10)6-14-15/h6H,2-5H2,1H3. The van der Waals surface area contributed by atoms with Crippen LogP contribution in [0.2, 0.25) is 0 Å². The van der Waals surface area contributed by atoms with Crippen LogP contribution in [0, 0.1) is 0 Å². The van der Waals surface area contributed by atoms with Crippen LogP contribution in [0.25, 0.3) is 0 Å². The molecule has 0 saturated heterocycles. The van der Waals surface area contributed by atoms with E-state index in [1.165, 1.54) is 6.92 Å². The molecular weight excluding hydrogens is 337 g/mol. The molecule has 9 heteroatoms. The molecule has 0 fully saturated rings. The van der Waals surface area contributed by atoms with Gasteiger partial charge in [0.25, 0.3) is 0 Å². The molecule has 0 saturated carbocycles. The second-order valence-electron chi connectivity index (χ2n) is 3.61. The quantitative estimate of drug-likeness (QED) is 0.766. The van der Waals surface area contributed by atoms with E-state index in [9.17, 15) is 21.6 Å². The molecule has 18 heavy (non-hydrogen) atoms. The number of aryl methyl sites for hydroxylation is 1. The van der Waals surface area contributed by atoms with Crippen molar-refractivity contribution >= 4 is 25.8 Å². The van der Waals surface area contributed by atoms with Gasteiger partial charge in [-0.15, -0.1) is 0 Å². The third kappa shape index (κ3) is 3.71. The van der Waals surface area contributed by atoms with E-state index in [2.05, 4.69) is 21.0 Å². The fraction of sp³-hybridized carbons (Fsp3) is 0.667. The lowest BCUT2D eigenvalue weighted by Crippen LogP contribution is -2.21. The zero-order chi connectivity index (χ0) is 14.0. The largest absolute Gasteiger partial charge is 0.433 e. The van der Waals surface area contributed by atoms with E-state index in [0.29, 0.717) is 4.68 Å². The van der Waals surface area contributed by atoms with Gasteiger partial charge < -0.3 is 0 Å². The Morgan fingerprint density at radius 2 is 2.06 bits per heavy atom. The van der Waals surface area contributed by atoms with Crippen molar-refractivity contribution < 1.29 is 21.6 Å². The van der Waals surface area contributed by atoms with E-state index >= 15 is 0 Å². The fourth-order valence-electron chi connectivity index (χ4n) is 1.39. The number of rotatable bonds is 5. The lowest BCUT2D eigenvalue weighted by atomic mass is 10.2. The van der Waals surface area contributed by atoms with Crippen molar-refractivity contribution in [1.82, 2.24) is 9.78 Å². The van der Waals surface area contributed by atoms with Gasteiger partial charge in [0, 0.05) is 16.6 Å². The first-order valence-electron chi connectivity index (χ1n) is 5.09. The van der Waals surface area contributed by atoms with Crippen molar-refractivity contribution in [2.24, 2.45) is 0 Å². The summed E-state index contributed by atoms with van der Waals surface area (Å²) < 4.78 is 61.7. The fourth-order valence-corrected chi connectivity index (χ4v) is 2.54. The Morgan fingerprint density at radius 3 is 2.50 bits per heavy atom. The van der Waals surface area contributed by atoms with Crippen molar-refractivity contribution in [3.8, 4) is 0 Å². The molecule has 0 aliphatic heterocycles. The number of aromatic nitrogens is 2. The van der Waals surface area contributed by atoms with Gasteiger partial charge in [-0.3, -0.25) is 4.68 Å². The number of halogens is 4. The average molecular weight is 349 g/mol. The van der Waals surface area contributed by atoms with Crippen molar-refractivity contribution in [2.45, 2.75) is 25.0 Å². The summed E-state index contributed by atoms with van der Waals surface area (Å²) in [6, 6.07) is 0. The third-order valence-corrected chi connectivity index (χ3v) is 4.67. The minimum absolute atomic E-state index is 0.00334. The highest BCUT2D eigenvalue weighted by Crippen LogP contribution is 2.32. The van der Waals surface area contributed by atoms with Gasteiger partial charge in [-0.05, 0) is 0 Å². The van der Waals surface area contributed by atoms with Gasteiger partial charge in [0.1, 0.15) is 5.69 Å².